The SMILES string of the molecule is CC(=O)OC1Sc2sc(S(N)(=O)=O)cc2NC1=O. The molecule has 0 fully saturated rings. The Morgan fingerprint density at radius 2 is 2.22 bits per heavy atom. The predicted octanol–water partition coefficient (Wildman–Crippen LogP) is 0.329. The molecule has 10 heteroatoms. The molecular formula is C8H8N2O5S3. The summed E-state index contributed by atoms with van der Waals surface area (Å²) in [5.41, 5.74) is -0.649. The van der Waals surface area contributed by atoms with Gasteiger partial charge in [-0.2, -0.15) is 0 Å². The molecule has 7 nitrogen and oxygen atoms in total. The Morgan fingerprint density at radius 3 is 2.78 bits per heavy atom. The van der Waals surface area contributed by atoms with Gasteiger partial charge in [-0.25, -0.2) is 13.6 Å². The summed E-state index contributed by atoms with van der Waals surface area (Å²) in [6.45, 7) is 1.19. The van der Waals surface area contributed by atoms with E-state index >= 15 is 0 Å². The molecule has 1 aliphatic heterocycles. The van der Waals surface area contributed by atoms with Crippen LogP contribution in [-0.2, 0) is 24.3 Å². The lowest BCUT2D eigenvalue weighted by Crippen LogP contribution is -2.31. The highest BCUT2D eigenvalue weighted by Gasteiger charge is 2.32. The summed E-state index contributed by atoms with van der Waals surface area (Å²) in [7, 11) is -3.81. The number of fused-ring (bicyclic) bond motifs is 1. The number of carbonyl (C=O) groups excluding carboxylic acids is 2. The van der Waals surface area contributed by atoms with Gasteiger partial charge in [0.25, 0.3) is 5.91 Å². The molecule has 0 saturated carbocycles. The monoisotopic (exact) mass is 308 g/mol. The lowest BCUT2D eigenvalue weighted by atomic mass is 10.5. The Labute approximate surface area is 111 Å². The lowest BCUT2D eigenvalue weighted by molar-refractivity contribution is -0.147. The minimum Gasteiger partial charge on any atom is -0.441 e. The Kier molecular flexibility index (Phi) is 3.36. The Hall–Kier alpha value is -1.10. The maximum Gasteiger partial charge on any atom is 0.304 e. The molecule has 18 heavy (non-hydrogen) atoms. The largest absolute Gasteiger partial charge is 0.441 e. The number of carbonyl (C=O) groups is 2. The van der Waals surface area contributed by atoms with E-state index in [0.29, 0.717) is 9.90 Å². The number of amides is 1. The molecule has 2 heterocycles. The zero-order valence-corrected chi connectivity index (χ0v) is 11.4. The van der Waals surface area contributed by atoms with Crippen LogP contribution in [0.15, 0.2) is 14.5 Å². The smallest absolute Gasteiger partial charge is 0.304 e. The highest BCUT2D eigenvalue weighted by Crippen LogP contribution is 2.43. The fourth-order valence-electron chi connectivity index (χ4n) is 1.24. The van der Waals surface area contributed by atoms with Crippen LogP contribution in [0.1, 0.15) is 6.92 Å². The standard InChI is InChI=1S/C8H8N2O5S3/c1-3(11)15-7-6(12)10-4-2-5(18(9,13)14)16-8(4)17-7/h2,7H,1H3,(H,10,12)(H2,9,13,14). The summed E-state index contributed by atoms with van der Waals surface area (Å²) >= 11 is 1.89. The zero-order valence-electron chi connectivity index (χ0n) is 9.00. The van der Waals surface area contributed by atoms with Crippen molar-refractivity contribution in [2.24, 2.45) is 5.14 Å². The maximum atomic E-state index is 11.6. The van der Waals surface area contributed by atoms with Gasteiger partial charge in [-0.3, -0.25) is 9.59 Å². The third kappa shape index (κ3) is 2.66. The van der Waals surface area contributed by atoms with Crippen molar-refractivity contribution in [2.75, 3.05) is 5.32 Å². The third-order valence-corrected chi connectivity index (χ3v) is 5.76. The van der Waals surface area contributed by atoms with E-state index in [4.69, 9.17) is 9.88 Å². The minimum atomic E-state index is -3.81. The molecule has 0 aliphatic carbocycles. The number of primary sulfonamides is 1. The van der Waals surface area contributed by atoms with Gasteiger partial charge in [-0.1, -0.05) is 11.8 Å². The van der Waals surface area contributed by atoms with Crippen LogP contribution in [0.25, 0.3) is 0 Å². The number of esters is 1. The lowest BCUT2D eigenvalue weighted by Gasteiger charge is -2.20. The van der Waals surface area contributed by atoms with E-state index in [2.05, 4.69) is 5.32 Å². The molecule has 98 valence electrons. The van der Waals surface area contributed by atoms with Gasteiger partial charge in [0.05, 0.1) is 9.90 Å². The Bertz CT molecular complexity index is 621. The quantitative estimate of drug-likeness (QED) is 0.761. The van der Waals surface area contributed by atoms with Crippen LogP contribution in [-0.4, -0.2) is 25.7 Å². The number of ether oxygens (including phenoxy) is 1. The number of rotatable bonds is 2. The molecule has 0 bridgehead atoms. The topological polar surface area (TPSA) is 116 Å². The Balaban J connectivity index is 2.31. The van der Waals surface area contributed by atoms with E-state index in [1.807, 2.05) is 0 Å². The highest BCUT2D eigenvalue weighted by molar-refractivity contribution is 8.03. The number of hydrogen-bond acceptors (Lipinski definition) is 7. The van der Waals surface area contributed by atoms with E-state index in [0.717, 1.165) is 23.1 Å². The summed E-state index contributed by atoms with van der Waals surface area (Å²) in [5, 5.41) is 7.46. The van der Waals surface area contributed by atoms with E-state index in [1.54, 1.807) is 0 Å². The first kappa shape index (κ1) is 13.3. The first-order valence-corrected chi connectivity index (χ1v) is 7.83. The number of nitrogens with two attached hydrogens (primary N) is 1. The first-order valence-electron chi connectivity index (χ1n) is 4.59. The minimum absolute atomic E-state index is 0.0521. The van der Waals surface area contributed by atoms with Crippen molar-refractivity contribution in [1.29, 1.82) is 0 Å². The van der Waals surface area contributed by atoms with E-state index in [-0.39, 0.29) is 4.21 Å². The van der Waals surface area contributed by atoms with Gasteiger partial charge in [0.2, 0.25) is 15.5 Å². The number of thiophene rings is 1. The second-order valence-corrected chi connectivity index (χ2v) is 7.53. The fourth-order valence-corrected chi connectivity index (χ4v) is 4.48. The van der Waals surface area contributed by atoms with Crippen LogP contribution in [0.2, 0.25) is 0 Å². The van der Waals surface area contributed by atoms with Gasteiger partial charge < -0.3 is 10.1 Å². The molecule has 0 radical (unpaired) electrons. The number of thioether (sulfide) groups is 1. The predicted molar refractivity (Wildman–Crippen MR) is 65.7 cm³/mol. The average Bonchev–Trinajstić information content (AvgIpc) is 2.59. The summed E-state index contributed by atoms with van der Waals surface area (Å²) in [6.07, 6.45) is 0. The molecule has 1 unspecified atom stereocenters. The van der Waals surface area contributed by atoms with Crippen LogP contribution < -0.4 is 10.5 Å². The van der Waals surface area contributed by atoms with Gasteiger partial charge in [-0.15, -0.1) is 11.3 Å². The maximum absolute atomic E-state index is 11.6. The molecule has 3 N–H and O–H groups in total. The third-order valence-electron chi connectivity index (χ3n) is 1.91. The summed E-state index contributed by atoms with van der Waals surface area (Å²) < 4.78 is 27.6. The van der Waals surface area contributed by atoms with Crippen molar-refractivity contribution in [1.82, 2.24) is 0 Å². The van der Waals surface area contributed by atoms with Crippen molar-refractivity contribution >= 4 is 50.7 Å². The fraction of sp³-hybridized carbons (Fsp3) is 0.250. The van der Waals surface area contributed by atoms with Crippen LogP contribution in [0.4, 0.5) is 5.69 Å². The highest BCUT2D eigenvalue weighted by atomic mass is 32.3. The van der Waals surface area contributed by atoms with E-state index in [9.17, 15) is 18.0 Å². The molecule has 2 rings (SSSR count). The average molecular weight is 308 g/mol. The molecule has 0 aromatic carbocycles. The van der Waals surface area contributed by atoms with Crippen molar-refractivity contribution in [3.05, 3.63) is 6.07 Å². The van der Waals surface area contributed by atoms with Gasteiger partial charge in [-0.05, 0) is 6.07 Å². The van der Waals surface area contributed by atoms with Gasteiger partial charge in [0.15, 0.2) is 0 Å². The second-order valence-electron chi connectivity index (χ2n) is 3.36. The van der Waals surface area contributed by atoms with Crippen molar-refractivity contribution < 1.29 is 22.7 Å². The zero-order chi connectivity index (χ0) is 13.5. The molecule has 1 aliphatic rings. The molecule has 0 saturated heterocycles. The van der Waals surface area contributed by atoms with E-state index in [1.165, 1.54) is 13.0 Å². The van der Waals surface area contributed by atoms with Gasteiger partial charge >= 0.3 is 5.97 Å². The van der Waals surface area contributed by atoms with Gasteiger partial charge in [0, 0.05) is 6.92 Å². The normalized spacial score (nSPS) is 19.0. The van der Waals surface area contributed by atoms with Crippen LogP contribution >= 0.6 is 23.1 Å². The molecule has 0 spiro atoms. The van der Waals surface area contributed by atoms with Gasteiger partial charge in [0.1, 0.15) is 4.21 Å². The summed E-state index contributed by atoms with van der Waals surface area (Å²) in [5.74, 6) is -1.10. The van der Waals surface area contributed by atoms with Crippen molar-refractivity contribution in [3.63, 3.8) is 0 Å². The molecule has 1 atom stereocenters. The molecule has 1 aromatic rings. The van der Waals surface area contributed by atoms with Crippen molar-refractivity contribution in [2.45, 2.75) is 20.8 Å². The number of hydrogen-bond donors (Lipinski definition) is 2. The molecular weight excluding hydrogens is 300 g/mol. The van der Waals surface area contributed by atoms with Crippen molar-refractivity contribution in [3.8, 4) is 0 Å². The first-order chi connectivity index (χ1) is 8.27. The van der Waals surface area contributed by atoms with Crippen LogP contribution in [0, 0.1) is 0 Å². The second kappa shape index (κ2) is 4.53. The summed E-state index contributed by atoms with van der Waals surface area (Å²) in [6, 6.07) is 1.28. The Morgan fingerprint density at radius 1 is 1.56 bits per heavy atom. The summed E-state index contributed by atoms with van der Waals surface area (Å²) in [4.78, 5) is 22.4. The molecule has 1 amide bonds. The van der Waals surface area contributed by atoms with Crippen LogP contribution in [0.3, 0.4) is 0 Å². The number of nitrogens with one attached hydrogen (secondary N) is 1. The molecule has 1 aromatic heterocycles. The number of sulfonamides is 1. The van der Waals surface area contributed by atoms with E-state index < -0.39 is 27.3 Å². The number of anilines is 1. The van der Waals surface area contributed by atoms with Crippen LogP contribution in [0.5, 0.6) is 0 Å².